The van der Waals surface area contributed by atoms with Crippen LogP contribution in [-0.4, -0.2) is 9.78 Å². The average molecular weight is 241 g/mol. The third kappa shape index (κ3) is 2.62. The van der Waals surface area contributed by atoms with Crippen molar-refractivity contribution in [3.8, 4) is 5.69 Å². The fourth-order valence-electron chi connectivity index (χ4n) is 2.24. The van der Waals surface area contributed by atoms with E-state index in [4.69, 9.17) is 5.73 Å². The summed E-state index contributed by atoms with van der Waals surface area (Å²) in [7, 11) is 0. The Morgan fingerprint density at radius 1 is 1.28 bits per heavy atom. The lowest BCUT2D eigenvalue weighted by molar-refractivity contribution is 0.575. The lowest BCUT2D eigenvalue weighted by atomic mass is 10.0. The molecule has 1 aliphatic rings. The van der Waals surface area contributed by atoms with Crippen molar-refractivity contribution in [1.29, 1.82) is 0 Å². The fourth-order valence-corrected chi connectivity index (χ4v) is 2.24. The molecule has 1 fully saturated rings. The van der Waals surface area contributed by atoms with Crippen molar-refractivity contribution < 1.29 is 0 Å². The Hall–Kier alpha value is -1.61. The van der Waals surface area contributed by atoms with Crippen LogP contribution in [0.4, 0.5) is 0 Å². The standard InChI is InChI=1S/C15H19N3/c16-15(9-8-12-6-7-12)13-10-17-18(11-13)14-4-2-1-3-5-14/h1-5,10-12,15H,6-9,16H2. The van der Waals surface area contributed by atoms with Crippen LogP contribution in [0.2, 0.25) is 0 Å². The molecular formula is C15H19N3. The largest absolute Gasteiger partial charge is 0.324 e. The Balaban J connectivity index is 1.68. The molecule has 3 rings (SSSR count). The smallest absolute Gasteiger partial charge is 0.0645 e. The van der Waals surface area contributed by atoms with Crippen LogP contribution in [0.25, 0.3) is 5.69 Å². The van der Waals surface area contributed by atoms with Gasteiger partial charge in [0, 0.05) is 17.8 Å². The van der Waals surface area contributed by atoms with E-state index in [9.17, 15) is 0 Å². The summed E-state index contributed by atoms with van der Waals surface area (Å²) in [4.78, 5) is 0. The molecule has 1 aliphatic carbocycles. The third-order valence-electron chi connectivity index (χ3n) is 3.63. The lowest BCUT2D eigenvalue weighted by Gasteiger charge is -2.08. The second-order valence-electron chi connectivity index (χ2n) is 5.18. The van der Waals surface area contributed by atoms with Gasteiger partial charge in [0.15, 0.2) is 0 Å². The molecule has 1 heterocycles. The summed E-state index contributed by atoms with van der Waals surface area (Å²) in [5.74, 6) is 0.945. The van der Waals surface area contributed by atoms with Crippen molar-refractivity contribution in [3.63, 3.8) is 0 Å². The summed E-state index contributed by atoms with van der Waals surface area (Å²) in [6.45, 7) is 0. The minimum absolute atomic E-state index is 0.128. The molecule has 1 atom stereocenters. The van der Waals surface area contributed by atoms with Gasteiger partial charge in [-0.2, -0.15) is 5.10 Å². The third-order valence-corrected chi connectivity index (χ3v) is 3.63. The van der Waals surface area contributed by atoms with Crippen LogP contribution in [0.15, 0.2) is 42.7 Å². The monoisotopic (exact) mass is 241 g/mol. The van der Waals surface area contributed by atoms with E-state index >= 15 is 0 Å². The summed E-state index contributed by atoms with van der Waals surface area (Å²) in [6.07, 6.45) is 9.08. The van der Waals surface area contributed by atoms with E-state index in [0.717, 1.165) is 23.6 Å². The second kappa shape index (κ2) is 4.94. The van der Waals surface area contributed by atoms with E-state index in [1.54, 1.807) is 0 Å². The predicted octanol–water partition coefficient (Wildman–Crippen LogP) is 3.06. The van der Waals surface area contributed by atoms with Gasteiger partial charge in [-0.1, -0.05) is 31.0 Å². The molecule has 94 valence electrons. The van der Waals surface area contributed by atoms with Crippen molar-refractivity contribution in [2.75, 3.05) is 0 Å². The molecule has 0 saturated heterocycles. The summed E-state index contributed by atoms with van der Waals surface area (Å²) in [6, 6.07) is 10.3. The Labute approximate surface area is 108 Å². The Bertz CT molecular complexity index is 499. The lowest BCUT2D eigenvalue weighted by Crippen LogP contribution is -2.09. The zero-order valence-electron chi connectivity index (χ0n) is 10.5. The van der Waals surface area contributed by atoms with Crippen molar-refractivity contribution in [2.24, 2.45) is 11.7 Å². The van der Waals surface area contributed by atoms with Gasteiger partial charge in [-0.05, 0) is 30.9 Å². The molecule has 1 aromatic heterocycles. The topological polar surface area (TPSA) is 43.8 Å². The van der Waals surface area contributed by atoms with Crippen LogP contribution in [0, 0.1) is 5.92 Å². The number of hydrogen-bond donors (Lipinski definition) is 1. The molecule has 0 aliphatic heterocycles. The quantitative estimate of drug-likeness (QED) is 0.874. The first-order valence-electron chi connectivity index (χ1n) is 6.68. The minimum Gasteiger partial charge on any atom is -0.324 e. The van der Waals surface area contributed by atoms with Crippen molar-refractivity contribution in [3.05, 3.63) is 48.3 Å². The zero-order valence-corrected chi connectivity index (χ0v) is 10.5. The van der Waals surface area contributed by atoms with Gasteiger partial charge in [0.1, 0.15) is 0 Å². The normalized spacial score (nSPS) is 16.7. The predicted molar refractivity (Wildman–Crippen MR) is 72.5 cm³/mol. The van der Waals surface area contributed by atoms with Gasteiger partial charge >= 0.3 is 0 Å². The van der Waals surface area contributed by atoms with Crippen LogP contribution in [0.1, 0.15) is 37.3 Å². The van der Waals surface area contributed by atoms with Crippen LogP contribution < -0.4 is 5.73 Å². The number of rotatable bonds is 5. The molecular weight excluding hydrogens is 222 g/mol. The Morgan fingerprint density at radius 2 is 2.06 bits per heavy atom. The van der Waals surface area contributed by atoms with Crippen LogP contribution in [-0.2, 0) is 0 Å². The van der Waals surface area contributed by atoms with E-state index in [1.807, 2.05) is 47.4 Å². The molecule has 18 heavy (non-hydrogen) atoms. The van der Waals surface area contributed by atoms with Gasteiger partial charge in [0.05, 0.1) is 11.9 Å². The molecule has 0 spiro atoms. The van der Waals surface area contributed by atoms with Gasteiger partial charge in [-0.25, -0.2) is 4.68 Å². The maximum atomic E-state index is 6.21. The number of para-hydroxylation sites is 1. The first-order valence-corrected chi connectivity index (χ1v) is 6.68. The maximum absolute atomic E-state index is 6.21. The molecule has 3 nitrogen and oxygen atoms in total. The average Bonchev–Trinajstić information content (AvgIpc) is 3.11. The van der Waals surface area contributed by atoms with Crippen LogP contribution in [0.3, 0.4) is 0 Å². The molecule has 0 bridgehead atoms. The summed E-state index contributed by atoms with van der Waals surface area (Å²) in [5, 5.41) is 4.39. The first kappa shape index (κ1) is 11.5. The highest BCUT2D eigenvalue weighted by Gasteiger charge is 2.22. The van der Waals surface area contributed by atoms with Gasteiger partial charge in [-0.3, -0.25) is 0 Å². The van der Waals surface area contributed by atoms with Crippen molar-refractivity contribution >= 4 is 0 Å². The highest BCUT2D eigenvalue weighted by molar-refractivity contribution is 5.31. The number of hydrogen-bond acceptors (Lipinski definition) is 2. The van der Waals surface area contributed by atoms with Gasteiger partial charge in [-0.15, -0.1) is 0 Å². The van der Waals surface area contributed by atoms with E-state index in [2.05, 4.69) is 5.10 Å². The summed E-state index contributed by atoms with van der Waals surface area (Å²) < 4.78 is 1.90. The highest BCUT2D eigenvalue weighted by Crippen LogP contribution is 2.35. The first-order chi connectivity index (χ1) is 8.83. The van der Waals surface area contributed by atoms with E-state index in [1.165, 1.54) is 19.3 Å². The van der Waals surface area contributed by atoms with Gasteiger partial charge in [0.25, 0.3) is 0 Å². The van der Waals surface area contributed by atoms with E-state index in [-0.39, 0.29) is 6.04 Å². The summed E-state index contributed by atoms with van der Waals surface area (Å²) >= 11 is 0. The fraction of sp³-hybridized carbons (Fsp3) is 0.400. The molecule has 2 N–H and O–H groups in total. The minimum atomic E-state index is 0.128. The molecule has 1 saturated carbocycles. The van der Waals surface area contributed by atoms with Crippen molar-refractivity contribution in [1.82, 2.24) is 9.78 Å². The van der Waals surface area contributed by atoms with E-state index in [0.29, 0.717) is 0 Å². The number of benzene rings is 1. The number of nitrogens with zero attached hydrogens (tertiary/aromatic N) is 2. The van der Waals surface area contributed by atoms with Crippen LogP contribution in [0.5, 0.6) is 0 Å². The Morgan fingerprint density at radius 3 is 2.78 bits per heavy atom. The maximum Gasteiger partial charge on any atom is 0.0645 e. The van der Waals surface area contributed by atoms with E-state index < -0.39 is 0 Å². The molecule has 2 aromatic rings. The molecule has 0 amide bonds. The Kier molecular flexibility index (Phi) is 3.15. The van der Waals surface area contributed by atoms with Gasteiger partial charge in [0.2, 0.25) is 0 Å². The SMILES string of the molecule is NC(CCC1CC1)c1cnn(-c2ccccc2)c1. The van der Waals surface area contributed by atoms with Crippen molar-refractivity contribution in [2.45, 2.75) is 31.7 Å². The molecule has 3 heteroatoms. The van der Waals surface area contributed by atoms with Gasteiger partial charge < -0.3 is 5.73 Å². The number of nitrogens with two attached hydrogens (primary N) is 1. The summed E-state index contributed by atoms with van der Waals surface area (Å²) in [5.41, 5.74) is 8.43. The molecule has 0 radical (unpaired) electrons. The molecule has 1 aromatic carbocycles. The number of aromatic nitrogens is 2. The van der Waals surface area contributed by atoms with Crippen LogP contribution >= 0.6 is 0 Å². The highest BCUT2D eigenvalue weighted by atomic mass is 15.3. The second-order valence-corrected chi connectivity index (χ2v) is 5.18. The zero-order chi connectivity index (χ0) is 12.4. The molecule has 1 unspecified atom stereocenters.